The van der Waals surface area contributed by atoms with Gasteiger partial charge in [0.05, 0.1) is 29.6 Å². The molecule has 3 aromatic rings. The number of anilines is 1. The predicted octanol–water partition coefficient (Wildman–Crippen LogP) is 2.88. The molecule has 1 heterocycles. The van der Waals surface area contributed by atoms with Crippen LogP contribution >= 0.6 is 0 Å². The van der Waals surface area contributed by atoms with Gasteiger partial charge in [-0.3, -0.25) is 24.7 Å². The van der Waals surface area contributed by atoms with Gasteiger partial charge in [-0.25, -0.2) is 0 Å². The fraction of sp³-hybridized carbons (Fsp3) is 0.0952. The Labute approximate surface area is 175 Å². The van der Waals surface area contributed by atoms with E-state index in [1.165, 1.54) is 12.4 Å². The molecule has 0 bridgehead atoms. The summed E-state index contributed by atoms with van der Waals surface area (Å²) in [7, 11) is 0. The number of pyridine rings is 1. The Hall–Kier alpha value is -4.47. The summed E-state index contributed by atoms with van der Waals surface area (Å²) < 4.78 is 0. The van der Waals surface area contributed by atoms with Crippen molar-refractivity contribution in [2.75, 3.05) is 5.32 Å². The first-order valence-electron chi connectivity index (χ1n) is 8.99. The van der Waals surface area contributed by atoms with Gasteiger partial charge in [-0.15, -0.1) is 0 Å². The first kappa shape index (κ1) is 21.2. The molecule has 3 rings (SSSR count). The molecule has 0 radical (unpaired) electrons. The summed E-state index contributed by atoms with van der Waals surface area (Å²) in [6.45, 7) is 0. The van der Waals surface area contributed by atoms with E-state index in [0.29, 0.717) is 22.4 Å². The summed E-state index contributed by atoms with van der Waals surface area (Å²) in [4.78, 5) is 37.6. The lowest BCUT2D eigenvalue weighted by atomic mass is 10.0. The van der Waals surface area contributed by atoms with E-state index >= 15 is 0 Å². The number of aliphatic carboxylic acids is 1. The predicted molar refractivity (Wildman–Crippen MR) is 110 cm³/mol. The fourth-order valence-electron chi connectivity index (χ4n) is 3.05. The second-order valence-corrected chi connectivity index (χ2v) is 6.66. The average Bonchev–Trinajstić information content (AvgIpc) is 2.70. The molecule has 10 nitrogen and oxygen atoms in total. The topological polar surface area (TPSA) is 163 Å². The van der Waals surface area contributed by atoms with Crippen LogP contribution in [0.3, 0.4) is 0 Å². The van der Waals surface area contributed by atoms with Crippen LogP contribution in [0.2, 0.25) is 0 Å². The quantitative estimate of drug-likeness (QED) is 0.256. The molecule has 1 amide bonds. The zero-order valence-corrected chi connectivity index (χ0v) is 16.0. The molecule has 158 valence electrons. The van der Waals surface area contributed by atoms with Gasteiger partial charge in [0.25, 0.3) is 0 Å². The summed E-state index contributed by atoms with van der Waals surface area (Å²) in [6.07, 6.45) is 2.50. The van der Waals surface area contributed by atoms with Gasteiger partial charge in [0.15, 0.2) is 5.75 Å². The lowest BCUT2D eigenvalue weighted by molar-refractivity contribution is -0.386. The molecule has 10 heteroatoms. The van der Waals surface area contributed by atoms with Crippen LogP contribution < -0.4 is 5.32 Å². The summed E-state index contributed by atoms with van der Waals surface area (Å²) in [5.74, 6) is -3.07. The van der Waals surface area contributed by atoms with E-state index < -0.39 is 34.0 Å². The number of benzene rings is 2. The van der Waals surface area contributed by atoms with E-state index in [4.69, 9.17) is 5.11 Å². The maximum atomic E-state index is 12.5. The molecule has 0 aliphatic rings. The number of phenolic OH excluding ortho intramolecular Hbond substituents is 2. The van der Waals surface area contributed by atoms with Crippen LogP contribution in [0.25, 0.3) is 11.1 Å². The molecule has 2 aromatic carbocycles. The lowest BCUT2D eigenvalue weighted by Gasteiger charge is -2.12. The second kappa shape index (κ2) is 8.91. The number of hydrogen-bond donors (Lipinski definition) is 4. The number of rotatable bonds is 7. The zero-order chi connectivity index (χ0) is 22.5. The number of carbonyl (C=O) groups is 2. The molecule has 0 aliphatic carbocycles. The number of nitrogens with one attached hydrogen (secondary N) is 1. The SMILES string of the molecule is O=C(O)Cc1cccc(-c2ccncc2NC(=O)Cc2cc(O)c(O)c([N+](=O)[O-])c2)c1. The molecule has 0 unspecified atom stereocenters. The Morgan fingerprint density at radius 3 is 2.55 bits per heavy atom. The number of hydrogen-bond acceptors (Lipinski definition) is 7. The molecular weight excluding hydrogens is 406 g/mol. The number of amides is 1. The van der Waals surface area contributed by atoms with Crippen molar-refractivity contribution < 1.29 is 29.8 Å². The van der Waals surface area contributed by atoms with Crippen LogP contribution in [-0.4, -0.2) is 37.1 Å². The van der Waals surface area contributed by atoms with Gasteiger partial charge in [-0.1, -0.05) is 24.3 Å². The summed E-state index contributed by atoms with van der Waals surface area (Å²) in [6, 6.07) is 10.6. The van der Waals surface area contributed by atoms with Gasteiger partial charge in [-0.2, -0.15) is 0 Å². The standard InChI is InChI=1S/C21H17N3O7/c25-18-8-13(7-17(21(18)29)24(30)31)9-19(26)23-16-11-22-5-4-15(16)14-3-1-2-12(6-14)10-20(27)28/h1-8,11,25,29H,9-10H2,(H,23,26)(H,27,28). The van der Waals surface area contributed by atoms with Crippen molar-refractivity contribution in [3.8, 4) is 22.6 Å². The smallest absolute Gasteiger partial charge is 0.314 e. The molecule has 0 aliphatic heterocycles. The largest absolute Gasteiger partial charge is 0.504 e. The molecule has 0 atom stereocenters. The molecule has 0 saturated carbocycles. The summed E-state index contributed by atoms with van der Waals surface area (Å²) in [5, 5.41) is 41.9. The molecule has 31 heavy (non-hydrogen) atoms. The van der Waals surface area contributed by atoms with E-state index in [0.717, 1.165) is 12.1 Å². The van der Waals surface area contributed by atoms with E-state index in [9.17, 15) is 29.9 Å². The average molecular weight is 423 g/mol. The molecule has 0 fully saturated rings. The van der Waals surface area contributed by atoms with Crippen LogP contribution in [0.15, 0.2) is 54.9 Å². The molecular formula is C21H17N3O7. The van der Waals surface area contributed by atoms with E-state index in [-0.39, 0.29) is 18.4 Å². The van der Waals surface area contributed by atoms with Gasteiger partial charge in [-0.05, 0) is 28.8 Å². The number of nitro benzene ring substituents is 1. The van der Waals surface area contributed by atoms with Crippen molar-refractivity contribution in [1.29, 1.82) is 0 Å². The third-order valence-corrected chi connectivity index (χ3v) is 4.38. The van der Waals surface area contributed by atoms with Crippen LogP contribution in [0.4, 0.5) is 11.4 Å². The summed E-state index contributed by atoms with van der Waals surface area (Å²) in [5.41, 5.74) is 1.65. The minimum atomic E-state index is -0.966. The van der Waals surface area contributed by atoms with Crippen molar-refractivity contribution >= 4 is 23.3 Å². The number of carboxylic acids is 1. The van der Waals surface area contributed by atoms with Crippen molar-refractivity contribution in [2.24, 2.45) is 0 Å². The van der Waals surface area contributed by atoms with Crippen molar-refractivity contribution in [1.82, 2.24) is 4.98 Å². The highest BCUT2D eigenvalue weighted by Crippen LogP contribution is 2.36. The van der Waals surface area contributed by atoms with Gasteiger partial charge >= 0.3 is 11.7 Å². The minimum absolute atomic E-state index is 0.133. The second-order valence-electron chi connectivity index (χ2n) is 6.66. The monoisotopic (exact) mass is 423 g/mol. The Morgan fingerprint density at radius 2 is 1.84 bits per heavy atom. The number of carbonyl (C=O) groups excluding carboxylic acids is 1. The van der Waals surface area contributed by atoms with E-state index in [2.05, 4.69) is 10.3 Å². The highest BCUT2D eigenvalue weighted by atomic mass is 16.6. The van der Waals surface area contributed by atoms with Gasteiger partial charge in [0, 0.05) is 17.8 Å². The number of nitrogens with zero attached hydrogens (tertiary/aromatic N) is 2. The van der Waals surface area contributed by atoms with Crippen LogP contribution in [0.5, 0.6) is 11.5 Å². The number of nitro groups is 1. The van der Waals surface area contributed by atoms with E-state index in [1.54, 1.807) is 30.3 Å². The van der Waals surface area contributed by atoms with Gasteiger partial charge in [0.2, 0.25) is 11.7 Å². The molecule has 0 spiro atoms. The number of aromatic nitrogens is 1. The zero-order valence-electron chi connectivity index (χ0n) is 16.0. The highest BCUT2D eigenvalue weighted by molar-refractivity contribution is 5.96. The fourth-order valence-corrected chi connectivity index (χ4v) is 3.05. The van der Waals surface area contributed by atoms with Crippen molar-refractivity contribution in [2.45, 2.75) is 12.8 Å². The Bertz CT molecular complexity index is 1180. The number of carboxylic acid groups (broad SMARTS) is 1. The van der Waals surface area contributed by atoms with Gasteiger partial charge < -0.3 is 20.6 Å². The Morgan fingerprint density at radius 1 is 1.06 bits per heavy atom. The maximum Gasteiger partial charge on any atom is 0.314 e. The normalized spacial score (nSPS) is 10.5. The number of aromatic hydroxyl groups is 2. The first-order chi connectivity index (χ1) is 14.7. The van der Waals surface area contributed by atoms with Crippen LogP contribution in [0, 0.1) is 10.1 Å². The first-order valence-corrected chi connectivity index (χ1v) is 8.99. The Balaban J connectivity index is 1.84. The Kier molecular flexibility index (Phi) is 6.10. The summed E-state index contributed by atoms with van der Waals surface area (Å²) >= 11 is 0. The molecule has 4 N–H and O–H groups in total. The minimum Gasteiger partial charge on any atom is -0.504 e. The van der Waals surface area contributed by atoms with Crippen LogP contribution in [-0.2, 0) is 22.4 Å². The van der Waals surface area contributed by atoms with Crippen LogP contribution in [0.1, 0.15) is 11.1 Å². The highest BCUT2D eigenvalue weighted by Gasteiger charge is 2.20. The molecule has 1 aromatic heterocycles. The third kappa shape index (κ3) is 5.12. The van der Waals surface area contributed by atoms with E-state index in [1.807, 2.05) is 0 Å². The van der Waals surface area contributed by atoms with Crippen molar-refractivity contribution in [3.63, 3.8) is 0 Å². The van der Waals surface area contributed by atoms with Crippen molar-refractivity contribution in [3.05, 3.63) is 76.1 Å². The number of phenols is 2. The maximum absolute atomic E-state index is 12.5. The lowest BCUT2D eigenvalue weighted by Crippen LogP contribution is -2.15. The third-order valence-electron chi connectivity index (χ3n) is 4.38. The molecule has 0 saturated heterocycles. The van der Waals surface area contributed by atoms with Gasteiger partial charge in [0.1, 0.15) is 0 Å².